The highest BCUT2D eigenvalue weighted by molar-refractivity contribution is 7.09. The smallest absolute Gasteiger partial charge is 0.0897 e. The van der Waals surface area contributed by atoms with E-state index in [0.29, 0.717) is 0 Å². The minimum atomic E-state index is 0.909. The second kappa shape index (κ2) is 7.60. The monoisotopic (exact) mass is 224 g/mol. The lowest BCUT2D eigenvalue weighted by Gasteiger charge is -2.01. The maximum absolute atomic E-state index is 4.40. The van der Waals surface area contributed by atoms with Crippen LogP contribution in [0, 0.1) is 6.92 Å². The molecule has 15 heavy (non-hydrogen) atoms. The molecule has 1 aromatic rings. The zero-order valence-corrected chi connectivity index (χ0v) is 10.3. The number of hydrogen-bond acceptors (Lipinski definition) is 3. The summed E-state index contributed by atoms with van der Waals surface area (Å²) in [5.41, 5.74) is 1.17. The zero-order chi connectivity index (χ0) is 10.9. The predicted octanol–water partition coefficient (Wildman–Crippen LogP) is 3.29. The van der Waals surface area contributed by atoms with Crippen LogP contribution in [0.3, 0.4) is 0 Å². The van der Waals surface area contributed by atoms with Gasteiger partial charge in [0.15, 0.2) is 0 Å². The topological polar surface area (TPSA) is 24.9 Å². The summed E-state index contributed by atoms with van der Waals surface area (Å²) in [4.78, 5) is 4.40. The Morgan fingerprint density at radius 3 is 3.00 bits per heavy atom. The van der Waals surface area contributed by atoms with Crippen LogP contribution >= 0.6 is 11.3 Å². The number of unbranched alkanes of at least 4 members (excludes halogenated alkanes) is 3. The Labute approximate surface area is 96.4 Å². The van der Waals surface area contributed by atoms with Gasteiger partial charge in [0.2, 0.25) is 0 Å². The molecule has 3 heteroatoms. The van der Waals surface area contributed by atoms with Gasteiger partial charge in [-0.25, -0.2) is 4.98 Å². The Morgan fingerprint density at radius 1 is 1.47 bits per heavy atom. The molecule has 0 aliphatic heterocycles. The van der Waals surface area contributed by atoms with Gasteiger partial charge in [-0.2, -0.15) is 0 Å². The van der Waals surface area contributed by atoms with Crippen molar-refractivity contribution in [3.63, 3.8) is 0 Å². The first-order valence-electron chi connectivity index (χ1n) is 5.55. The van der Waals surface area contributed by atoms with Crippen LogP contribution in [0.4, 0.5) is 0 Å². The molecule has 0 aliphatic carbocycles. The van der Waals surface area contributed by atoms with E-state index in [9.17, 15) is 0 Å². The molecule has 0 aromatic carbocycles. The third-order valence-corrected chi connectivity index (χ3v) is 3.06. The summed E-state index contributed by atoms with van der Waals surface area (Å²) in [6.07, 6.45) is 6.93. The van der Waals surface area contributed by atoms with E-state index < -0.39 is 0 Å². The van der Waals surface area contributed by atoms with E-state index in [1.165, 1.54) is 25.0 Å². The van der Waals surface area contributed by atoms with Crippen LogP contribution in [0.5, 0.6) is 0 Å². The van der Waals surface area contributed by atoms with Crippen LogP contribution in [0.25, 0.3) is 0 Å². The predicted molar refractivity (Wildman–Crippen MR) is 67.2 cm³/mol. The molecule has 0 spiro atoms. The fourth-order valence-corrected chi connectivity index (χ4v) is 2.03. The number of allylic oxidation sites excluding steroid dienone is 1. The molecular weight excluding hydrogens is 204 g/mol. The molecule has 0 unspecified atom stereocenters. The van der Waals surface area contributed by atoms with E-state index in [1.807, 2.05) is 13.0 Å². The van der Waals surface area contributed by atoms with E-state index in [0.717, 1.165) is 24.5 Å². The second-order valence-corrected chi connectivity index (χ2v) is 4.73. The molecule has 2 nitrogen and oxygen atoms in total. The highest BCUT2D eigenvalue weighted by atomic mass is 32.1. The Kier molecular flexibility index (Phi) is 6.28. The Bertz CT molecular complexity index is 281. The molecule has 0 atom stereocenters. The van der Waals surface area contributed by atoms with Crippen molar-refractivity contribution in [3.8, 4) is 0 Å². The Hall–Kier alpha value is -0.670. The summed E-state index contributed by atoms with van der Waals surface area (Å²) in [6.45, 7) is 7.76. The lowest BCUT2D eigenvalue weighted by Crippen LogP contribution is -2.14. The van der Waals surface area contributed by atoms with Crippen LogP contribution in [-0.2, 0) is 6.54 Å². The van der Waals surface area contributed by atoms with Crippen LogP contribution in [-0.4, -0.2) is 11.5 Å². The van der Waals surface area contributed by atoms with Crippen molar-refractivity contribution < 1.29 is 0 Å². The molecule has 0 saturated carbocycles. The maximum atomic E-state index is 4.40. The van der Waals surface area contributed by atoms with Crippen molar-refractivity contribution in [2.45, 2.75) is 39.2 Å². The van der Waals surface area contributed by atoms with E-state index in [4.69, 9.17) is 0 Å². The standard InChI is InChI=1S/C12H20N2S/c1-3-4-5-6-7-8-13-9-12-10-15-11(2)14-12/h3,10,13H,1,4-9H2,2H3. The number of aryl methyl sites for hydroxylation is 1. The summed E-state index contributed by atoms with van der Waals surface area (Å²) in [5.74, 6) is 0. The third-order valence-electron chi connectivity index (χ3n) is 2.23. The SMILES string of the molecule is C=CCCCCCNCc1csc(C)n1. The van der Waals surface area contributed by atoms with Crippen molar-refractivity contribution in [2.75, 3.05) is 6.54 Å². The van der Waals surface area contributed by atoms with Gasteiger partial charge in [-0.3, -0.25) is 0 Å². The van der Waals surface area contributed by atoms with Crippen molar-refractivity contribution in [1.29, 1.82) is 0 Å². The van der Waals surface area contributed by atoms with E-state index in [-0.39, 0.29) is 0 Å². The third kappa shape index (κ3) is 5.70. The normalized spacial score (nSPS) is 10.5. The second-order valence-electron chi connectivity index (χ2n) is 3.67. The van der Waals surface area contributed by atoms with Crippen molar-refractivity contribution in [3.05, 3.63) is 28.7 Å². The van der Waals surface area contributed by atoms with Gasteiger partial charge < -0.3 is 5.32 Å². The minimum Gasteiger partial charge on any atom is -0.311 e. The molecule has 0 radical (unpaired) electrons. The first-order valence-corrected chi connectivity index (χ1v) is 6.43. The van der Waals surface area contributed by atoms with Crippen LogP contribution in [0.15, 0.2) is 18.0 Å². The fourth-order valence-electron chi connectivity index (χ4n) is 1.42. The van der Waals surface area contributed by atoms with Gasteiger partial charge in [0, 0.05) is 11.9 Å². The molecule has 0 amide bonds. The maximum Gasteiger partial charge on any atom is 0.0897 e. The molecule has 1 aromatic heterocycles. The van der Waals surface area contributed by atoms with Gasteiger partial charge >= 0.3 is 0 Å². The number of thiazole rings is 1. The van der Waals surface area contributed by atoms with Gasteiger partial charge in [0.1, 0.15) is 0 Å². The van der Waals surface area contributed by atoms with E-state index in [2.05, 4.69) is 22.3 Å². The van der Waals surface area contributed by atoms with Gasteiger partial charge in [-0.1, -0.05) is 12.5 Å². The average molecular weight is 224 g/mol. The van der Waals surface area contributed by atoms with Gasteiger partial charge in [0.25, 0.3) is 0 Å². The number of nitrogens with one attached hydrogen (secondary N) is 1. The molecule has 1 rings (SSSR count). The summed E-state index contributed by atoms with van der Waals surface area (Å²) in [6, 6.07) is 0. The molecule has 0 bridgehead atoms. The highest BCUT2D eigenvalue weighted by Gasteiger charge is 1.96. The first-order chi connectivity index (χ1) is 7.33. The zero-order valence-electron chi connectivity index (χ0n) is 9.46. The van der Waals surface area contributed by atoms with Gasteiger partial charge in [0.05, 0.1) is 10.7 Å². The van der Waals surface area contributed by atoms with E-state index in [1.54, 1.807) is 11.3 Å². The lowest BCUT2D eigenvalue weighted by atomic mass is 10.2. The molecule has 1 heterocycles. The summed E-state index contributed by atoms with van der Waals surface area (Å²) >= 11 is 1.72. The number of nitrogens with zero attached hydrogens (tertiary/aromatic N) is 1. The Balaban J connectivity index is 1.95. The van der Waals surface area contributed by atoms with E-state index >= 15 is 0 Å². The number of hydrogen-bond donors (Lipinski definition) is 1. The molecular formula is C12H20N2S. The van der Waals surface area contributed by atoms with Crippen LogP contribution < -0.4 is 5.32 Å². The molecule has 0 aliphatic rings. The number of rotatable bonds is 8. The van der Waals surface area contributed by atoms with Crippen molar-refractivity contribution in [2.24, 2.45) is 0 Å². The molecule has 0 fully saturated rings. The molecule has 84 valence electrons. The Morgan fingerprint density at radius 2 is 2.33 bits per heavy atom. The first kappa shape index (κ1) is 12.4. The molecule has 0 saturated heterocycles. The lowest BCUT2D eigenvalue weighted by molar-refractivity contribution is 0.601. The quantitative estimate of drug-likeness (QED) is 0.541. The van der Waals surface area contributed by atoms with Crippen LogP contribution in [0.1, 0.15) is 36.4 Å². The summed E-state index contributed by atoms with van der Waals surface area (Å²) < 4.78 is 0. The van der Waals surface area contributed by atoms with Crippen molar-refractivity contribution in [1.82, 2.24) is 10.3 Å². The summed E-state index contributed by atoms with van der Waals surface area (Å²) in [7, 11) is 0. The van der Waals surface area contributed by atoms with Gasteiger partial charge in [-0.15, -0.1) is 17.9 Å². The van der Waals surface area contributed by atoms with Crippen molar-refractivity contribution >= 4 is 11.3 Å². The van der Waals surface area contributed by atoms with Gasteiger partial charge in [-0.05, 0) is 32.7 Å². The summed E-state index contributed by atoms with van der Waals surface area (Å²) in [5, 5.41) is 6.69. The minimum absolute atomic E-state index is 0.909. The largest absolute Gasteiger partial charge is 0.311 e. The van der Waals surface area contributed by atoms with Crippen LogP contribution in [0.2, 0.25) is 0 Å². The average Bonchev–Trinajstić information content (AvgIpc) is 2.63. The highest BCUT2D eigenvalue weighted by Crippen LogP contribution is 2.07. The number of aromatic nitrogens is 1. The fraction of sp³-hybridized carbons (Fsp3) is 0.583. The molecule has 1 N–H and O–H groups in total.